The lowest BCUT2D eigenvalue weighted by molar-refractivity contribution is -0.0925. The highest BCUT2D eigenvalue weighted by Gasteiger charge is 2.49. The first-order chi connectivity index (χ1) is 17.5. The van der Waals surface area contributed by atoms with Crippen LogP contribution in [-0.4, -0.2) is 77.2 Å². The Hall–Kier alpha value is -2.82. The van der Waals surface area contributed by atoms with Crippen LogP contribution in [0.15, 0.2) is 22.7 Å². The molecule has 2 amide bonds. The Morgan fingerprint density at radius 3 is 2.41 bits per heavy atom. The predicted octanol–water partition coefficient (Wildman–Crippen LogP) is 4.84. The molecule has 1 aliphatic carbocycles. The molecule has 3 heterocycles. The van der Waals surface area contributed by atoms with Crippen molar-refractivity contribution in [3.05, 3.63) is 35.7 Å². The topological polar surface area (TPSA) is 77.7 Å². The highest BCUT2D eigenvalue weighted by atomic mass is 19.3. The van der Waals surface area contributed by atoms with Gasteiger partial charge in [-0.05, 0) is 38.8 Å². The molecule has 1 aromatic carbocycles. The van der Waals surface area contributed by atoms with Gasteiger partial charge in [0.15, 0.2) is 5.82 Å². The molecule has 0 unspecified atom stereocenters. The van der Waals surface area contributed by atoms with E-state index in [1.54, 1.807) is 11.0 Å². The highest BCUT2D eigenvalue weighted by Crippen LogP contribution is 2.48. The average Bonchev–Trinajstić information content (AvgIpc) is 3.35. The molecule has 2 aromatic rings. The number of hydrogen-bond donors (Lipinski definition) is 1. The third-order valence-corrected chi connectivity index (χ3v) is 8.18. The quantitative estimate of drug-likeness (QED) is 0.608. The molecule has 0 radical (unpaired) electrons. The molecule has 3 fully saturated rings. The van der Waals surface area contributed by atoms with Crippen molar-refractivity contribution in [2.24, 2.45) is 0 Å². The summed E-state index contributed by atoms with van der Waals surface area (Å²) in [5.74, 6) is -2.74. The number of likely N-dealkylation sites (tertiary alicyclic amines) is 1. The first-order valence-electron chi connectivity index (χ1n) is 13.1. The summed E-state index contributed by atoms with van der Waals surface area (Å²) in [6.45, 7) is 10.5. The Morgan fingerprint density at radius 1 is 1.11 bits per heavy atom. The van der Waals surface area contributed by atoms with Crippen LogP contribution in [0.2, 0.25) is 0 Å². The van der Waals surface area contributed by atoms with Crippen LogP contribution in [0.25, 0.3) is 0 Å². The molecule has 0 atom stereocenters. The number of nitrogens with one attached hydrogen (secondary N) is 1. The SMILES string of the molecule is CC(C)N1CCN(c2cccc(F)c2NC(=O)N2CCC(C)(c3noc(C4CC(F)(F)C4)n3)CC2)CC1. The Morgan fingerprint density at radius 2 is 1.78 bits per heavy atom. The fourth-order valence-electron chi connectivity index (χ4n) is 5.47. The van der Waals surface area contributed by atoms with Crippen LogP contribution >= 0.6 is 0 Å². The molecule has 202 valence electrons. The van der Waals surface area contributed by atoms with E-state index in [2.05, 4.69) is 39.1 Å². The van der Waals surface area contributed by atoms with Crippen LogP contribution in [-0.2, 0) is 5.41 Å². The second kappa shape index (κ2) is 9.81. The van der Waals surface area contributed by atoms with Gasteiger partial charge in [0, 0.05) is 69.5 Å². The molecule has 3 aliphatic rings. The lowest BCUT2D eigenvalue weighted by Crippen LogP contribution is -2.49. The smallest absolute Gasteiger partial charge is 0.321 e. The fraction of sp³-hybridized carbons (Fsp3) is 0.654. The minimum atomic E-state index is -2.65. The maximum absolute atomic E-state index is 14.9. The molecule has 5 rings (SSSR count). The van der Waals surface area contributed by atoms with Crippen molar-refractivity contribution in [3.63, 3.8) is 0 Å². The fourth-order valence-corrected chi connectivity index (χ4v) is 5.47. The zero-order valence-corrected chi connectivity index (χ0v) is 21.6. The van der Waals surface area contributed by atoms with Crippen LogP contribution in [0.5, 0.6) is 0 Å². The maximum atomic E-state index is 14.9. The Balaban J connectivity index is 1.20. The van der Waals surface area contributed by atoms with E-state index >= 15 is 0 Å². The zero-order valence-electron chi connectivity index (χ0n) is 21.6. The van der Waals surface area contributed by atoms with Gasteiger partial charge in [-0.2, -0.15) is 4.98 Å². The van der Waals surface area contributed by atoms with Crippen LogP contribution in [0.1, 0.15) is 64.1 Å². The van der Waals surface area contributed by atoms with Crippen molar-refractivity contribution in [3.8, 4) is 0 Å². The minimum absolute atomic E-state index is 0.207. The number of carbonyl (C=O) groups excluding carboxylic acids is 1. The lowest BCUT2D eigenvalue weighted by Gasteiger charge is -2.39. The van der Waals surface area contributed by atoms with Gasteiger partial charge in [-0.25, -0.2) is 18.0 Å². The predicted molar refractivity (Wildman–Crippen MR) is 134 cm³/mol. The van der Waals surface area contributed by atoms with E-state index in [0.29, 0.717) is 43.5 Å². The molecule has 11 heteroatoms. The standard InChI is InChI=1S/C26H35F3N6O2/c1-17(2)33-11-13-34(14-12-33)20-6-4-5-19(27)21(20)30-24(36)35-9-7-25(3,8-10-35)23-31-22(37-32-23)18-15-26(28,29)16-18/h4-6,17-18H,7-16H2,1-3H3,(H,30,36). The third-order valence-electron chi connectivity index (χ3n) is 8.18. The number of anilines is 2. The second-order valence-corrected chi connectivity index (χ2v) is 11.1. The van der Waals surface area contributed by atoms with Crippen LogP contribution in [0, 0.1) is 5.82 Å². The molecular formula is C26H35F3N6O2. The number of carbonyl (C=O) groups is 1. The number of para-hydroxylation sites is 1. The van der Waals surface area contributed by atoms with Crippen molar-refractivity contribution in [2.45, 2.75) is 69.8 Å². The van der Waals surface area contributed by atoms with Gasteiger partial charge in [-0.15, -0.1) is 0 Å². The van der Waals surface area contributed by atoms with Crippen LogP contribution < -0.4 is 10.2 Å². The Labute approximate surface area is 215 Å². The number of halogens is 3. The van der Waals surface area contributed by atoms with Gasteiger partial charge in [-0.3, -0.25) is 4.90 Å². The van der Waals surface area contributed by atoms with Gasteiger partial charge >= 0.3 is 6.03 Å². The first-order valence-corrected chi connectivity index (χ1v) is 13.1. The van der Waals surface area contributed by atoms with E-state index in [9.17, 15) is 18.0 Å². The normalized spacial score (nSPS) is 22.2. The largest absolute Gasteiger partial charge is 0.367 e. The summed E-state index contributed by atoms with van der Waals surface area (Å²) >= 11 is 0. The molecule has 2 saturated heterocycles. The van der Waals surface area contributed by atoms with Gasteiger partial charge in [0.2, 0.25) is 11.8 Å². The zero-order chi connectivity index (χ0) is 26.4. The maximum Gasteiger partial charge on any atom is 0.321 e. The summed E-state index contributed by atoms with van der Waals surface area (Å²) in [5.41, 5.74) is 0.475. The number of benzene rings is 1. The van der Waals surface area contributed by atoms with E-state index in [0.717, 1.165) is 26.2 Å². The van der Waals surface area contributed by atoms with Crippen molar-refractivity contribution in [2.75, 3.05) is 49.5 Å². The van der Waals surface area contributed by atoms with E-state index in [4.69, 9.17) is 4.52 Å². The number of alkyl halides is 2. The minimum Gasteiger partial charge on any atom is -0.367 e. The number of urea groups is 1. The van der Waals surface area contributed by atoms with Crippen molar-refractivity contribution in [1.82, 2.24) is 19.9 Å². The van der Waals surface area contributed by atoms with Gasteiger partial charge in [0.1, 0.15) is 11.5 Å². The molecule has 2 aliphatic heterocycles. The first kappa shape index (κ1) is 25.8. The Kier molecular flexibility index (Phi) is 6.84. The molecule has 1 saturated carbocycles. The van der Waals surface area contributed by atoms with E-state index in [1.165, 1.54) is 6.07 Å². The third kappa shape index (κ3) is 5.28. The molecule has 0 bridgehead atoms. The van der Waals surface area contributed by atoms with Crippen LogP contribution in [0.4, 0.5) is 29.3 Å². The number of amides is 2. The number of piperazine rings is 1. The van der Waals surface area contributed by atoms with E-state index in [-0.39, 0.29) is 30.5 Å². The summed E-state index contributed by atoms with van der Waals surface area (Å²) in [6.07, 6.45) is 0.651. The number of piperidine rings is 1. The van der Waals surface area contributed by atoms with E-state index < -0.39 is 23.1 Å². The van der Waals surface area contributed by atoms with Gasteiger partial charge in [-0.1, -0.05) is 18.1 Å². The highest BCUT2D eigenvalue weighted by molar-refractivity contribution is 5.93. The molecule has 8 nitrogen and oxygen atoms in total. The Bertz CT molecular complexity index is 1120. The van der Waals surface area contributed by atoms with Gasteiger partial charge in [0.25, 0.3) is 0 Å². The monoisotopic (exact) mass is 520 g/mol. The summed E-state index contributed by atoms with van der Waals surface area (Å²) in [7, 11) is 0. The summed E-state index contributed by atoms with van der Waals surface area (Å²) in [6, 6.07) is 5.00. The summed E-state index contributed by atoms with van der Waals surface area (Å²) < 4.78 is 46.6. The molecular weight excluding hydrogens is 485 g/mol. The summed E-state index contributed by atoms with van der Waals surface area (Å²) in [4.78, 5) is 23.8. The number of rotatable bonds is 5. The number of hydrogen-bond acceptors (Lipinski definition) is 6. The second-order valence-electron chi connectivity index (χ2n) is 11.1. The van der Waals surface area contributed by atoms with Crippen molar-refractivity contribution >= 4 is 17.4 Å². The van der Waals surface area contributed by atoms with Gasteiger partial charge in [0.05, 0.1) is 5.69 Å². The molecule has 0 spiro atoms. The number of nitrogens with zero attached hydrogens (tertiary/aromatic N) is 5. The van der Waals surface area contributed by atoms with E-state index in [1.807, 2.05) is 13.0 Å². The summed E-state index contributed by atoms with van der Waals surface area (Å²) in [5, 5.41) is 6.91. The average molecular weight is 521 g/mol. The van der Waals surface area contributed by atoms with Gasteiger partial charge < -0.3 is 19.6 Å². The molecule has 1 aromatic heterocycles. The molecule has 1 N–H and O–H groups in total. The van der Waals surface area contributed by atoms with Crippen molar-refractivity contribution in [1.29, 1.82) is 0 Å². The molecule has 37 heavy (non-hydrogen) atoms. The number of aromatic nitrogens is 2. The van der Waals surface area contributed by atoms with Crippen LogP contribution in [0.3, 0.4) is 0 Å². The lowest BCUT2D eigenvalue weighted by atomic mass is 9.79. The van der Waals surface area contributed by atoms with Crippen molar-refractivity contribution < 1.29 is 22.5 Å².